The fourth-order valence-electron chi connectivity index (χ4n) is 1.31. The first-order valence-corrected chi connectivity index (χ1v) is 3.97. The van der Waals surface area contributed by atoms with Gasteiger partial charge in [-0.05, 0) is 25.9 Å². The molecule has 3 nitrogen and oxygen atoms in total. The van der Waals surface area contributed by atoms with Crippen LogP contribution in [0.4, 0.5) is 0 Å². The molecule has 1 aliphatic rings. The van der Waals surface area contributed by atoms with Gasteiger partial charge in [0.1, 0.15) is 0 Å². The Hall–Kier alpha value is -0.120. The first-order chi connectivity index (χ1) is 4.79. The van der Waals surface area contributed by atoms with Crippen molar-refractivity contribution in [3.8, 4) is 0 Å². The number of nitrogens with zero attached hydrogens (tertiary/aromatic N) is 2. The van der Waals surface area contributed by atoms with E-state index in [1.54, 1.807) is 5.01 Å². The predicted octanol–water partition coefficient (Wildman–Crippen LogP) is -0.112. The summed E-state index contributed by atoms with van der Waals surface area (Å²) in [4.78, 5) is 2.46. The number of hydrazine groups is 1. The summed E-state index contributed by atoms with van der Waals surface area (Å²) < 4.78 is 0. The van der Waals surface area contributed by atoms with E-state index in [4.69, 9.17) is 5.84 Å². The van der Waals surface area contributed by atoms with Gasteiger partial charge < -0.3 is 4.90 Å². The van der Waals surface area contributed by atoms with Crippen LogP contribution in [-0.2, 0) is 0 Å². The van der Waals surface area contributed by atoms with Crippen molar-refractivity contribution in [3.05, 3.63) is 0 Å². The molecule has 1 heterocycles. The molecule has 10 heavy (non-hydrogen) atoms. The summed E-state index contributed by atoms with van der Waals surface area (Å²) in [6.45, 7) is 4.66. The summed E-state index contributed by atoms with van der Waals surface area (Å²) in [5.41, 5.74) is 0. The van der Waals surface area contributed by atoms with E-state index in [-0.39, 0.29) is 0 Å². The maximum absolute atomic E-state index is 5.48. The normalized spacial score (nSPS) is 20.7. The third-order valence-corrected chi connectivity index (χ3v) is 1.97. The third kappa shape index (κ3) is 2.64. The lowest BCUT2D eigenvalue weighted by atomic mass is 10.4. The molecule has 1 fully saturated rings. The van der Waals surface area contributed by atoms with Gasteiger partial charge in [-0.1, -0.05) is 0 Å². The first kappa shape index (κ1) is 7.98. The van der Waals surface area contributed by atoms with E-state index in [1.165, 1.54) is 25.9 Å². The van der Waals surface area contributed by atoms with Crippen LogP contribution in [0.15, 0.2) is 0 Å². The van der Waals surface area contributed by atoms with Crippen molar-refractivity contribution in [1.29, 1.82) is 0 Å². The molecule has 1 aliphatic heterocycles. The van der Waals surface area contributed by atoms with Crippen LogP contribution in [-0.4, -0.2) is 43.1 Å². The van der Waals surface area contributed by atoms with Crippen molar-refractivity contribution in [2.24, 2.45) is 5.84 Å². The molecule has 0 bridgehead atoms. The van der Waals surface area contributed by atoms with Gasteiger partial charge in [-0.2, -0.15) is 0 Å². The van der Waals surface area contributed by atoms with Crippen molar-refractivity contribution in [2.45, 2.75) is 12.8 Å². The average Bonchev–Trinajstić information content (AvgIpc) is 2.34. The molecule has 1 rings (SSSR count). The van der Waals surface area contributed by atoms with Crippen LogP contribution in [0.2, 0.25) is 0 Å². The number of hydrogen-bond acceptors (Lipinski definition) is 3. The molecule has 2 N–H and O–H groups in total. The van der Waals surface area contributed by atoms with Gasteiger partial charge in [0.25, 0.3) is 0 Å². The lowest BCUT2D eigenvalue weighted by molar-refractivity contribution is 0.262. The average molecular weight is 143 g/mol. The van der Waals surface area contributed by atoms with Crippen LogP contribution < -0.4 is 5.84 Å². The zero-order chi connectivity index (χ0) is 7.40. The van der Waals surface area contributed by atoms with Crippen LogP contribution in [0.1, 0.15) is 12.8 Å². The van der Waals surface area contributed by atoms with E-state index < -0.39 is 0 Å². The Balaban J connectivity index is 2.01. The summed E-state index contributed by atoms with van der Waals surface area (Å²) in [5, 5.41) is 1.75. The SMILES string of the molecule is CN(N)CCN1CCCC1. The first-order valence-electron chi connectivity index (χ1n) is 3.97. The van der Waals surface area contributed by atoms with Crippen LogP contribution in [0.3, 0.4) is 0 Å². The summed E-state index contributed by atoms with van der Waals surface area (Å²) in [5.74, 6) is 5.48. The lowest BCUT2D eigenvalue weighted by Crippen LogP contribution is -2.35. The monoisotopic (exact) mass is 143 g/mol. The topological polar surface area (TPSA) is 32.5 Å². The van der Waals surface area contributed by atoms with Gasteiger partial charge in [-0.15, -0.1) is 0 Å². The highest BCUT2D eigenvalue weighted by Gasteiger charge is 2.10. The van der Waals surface area contributed by atoms with Crippen molar-refractivity contribution < 1.29 is 0 Å². The zero-order valence-electron chi connectivity index (χ0n) is 6.71. The summed E-state index contributed by atoms with van der Waals surface area (Å²) in [6.07, 6.45) is 2.74. The van der Waals surface area contributed by atoms with Gasteiger partial charge in [-0.25, -0.2) is 5.01 Å². The zero-order valence-corrected chi connectivity index (χ0v) is 6.71. The molecule has 1 saturated heterocycles. The molecular formula is C7H17N3. The van der Waals surface area contributed by atoms with E-state index in [0.717, 1.165) is 13.1 Å². The fraction of sp³-hybridized carbons (Fsp3) is 1.00. The van der Waals surface area contributed by atoms with Gasteiger partial charge in [-0.3, -0.25) is 5.84 Å². The second-order valence-electron chi connectivity index (χ2n) is 3.03. The van der Waals surface area contributed by atoms with Crippen molar-refractivity contribution >= 4 is 0 Å². The maximum Gasteiger partial charge on any atom is 0.0253 e. The highest BCUT2D eigenvalue weighted by Crippen LogP contribution is 2.05. The van der Waals surface area contributed by atoms with E-state index in [1.807, 2.05) is 7.05 Å². The number of likely N-dealkylation sites (N-methyl/N-ethyl adjacent to an activating group) is 1. The smallest absolute Gasteiger partial charge is 0.0253 e. The molecule has 3 heteroatoms. The summed E-state index contributed by atoms with van der Waals surface area (Å²) in [7, 11) is 1.91. The third-order valence-electron chi connectivity index (χ3n) is 1.97. The van der Waals surface area contributed by atoms with E-state index in [2.05, 4.69) is 4.90 Å². The summed E-state index contributed by atoms with van der Waals surface area (Å²) >= 11 is 0. The molecule has 0 spiro atoms. The second-order valence-corrected chi connectivity index (χ2v) is 3.03. The quantitative estimate of drug-likeness (QED) is 0.442. The van der Waals surface area contributed by atoms with Gasteiger partial charge in [0.2, 0.25) is 0 Å². The van der Waals surface area contributed by atoms with Crippen LogP contribution in [0, 0.1) is 0 Å². The van der Waals surface area contributed by atoms with Crippen LogP contribution >= 0.6 is 0 Å². The molecular weight excluding hydrogens is 126 g/mol. The molecule has 0 saturated carbocycles. The Kier molecular flexibility index (Phi) is 3.12. The fourth-order valence-corrected chi connectivity index (χ4v) is 1.31. The number of nitrogens with two attached hydrogens (primary N) is 1. The second kappa shape index (κ2) is 3.91. The molecule has 0 aromatic rings. The molecule has 0 aromatic heterocycles. The maximum atomic E-state index is 5.48. The van der Waals surface area contributed by atoms with Crippen molar-refractivity contribution in [1.82, 2.24) is 9.91 Å². The van der Waals surface area contributed by atoms with Crippen LogP contribution in [0.25, 0.3) is 0 Å². The molecule has 0 radical (unpaired) electrons. The Bertz CT molecular complexity index is 86.9. The number of hydrogen-bond donors (Lipinski definition) is 1. The predicted molar refractivity (Wildman–Crippen MR) is 42.5 cm³/mol. The lowest BCUT2D eigenvalue weighted by Gasteiger charge is -2.17. The minimum atomic E-state index is 0.986. The Morgan fingerprint density at radius 3 is 2.50 bits per heavy atom. The Morgan fingerprint density at radius 2 is 2.00 bits per heavy atom. The van der Waals surface area contributed by atoms with Crippen molar-refractivity contribution in [3.63, 3.8) is 0 Å². The van der Waals surface area contributed by atoms with Crippen LogP contribution in [0.5, 0.6) is 0 Å². The highest BCUT2D eigenvalue weighted by atomic mass is 15.4. The highest BCUT2D eigenvalue weighted by molar-refractivity contribution is 4.66. The molecule has 0 aromatic carbocycles. The number of rotatable bonds is 3. The molecule has 0 atom stereocenters. The van der Waals surface area contributed by atoms with E-state index in [9.17, 15) is 0 Å². The molecule has 0 aliphatic carbocycles. The van der Waals surface area contributed by atoms with Gasteiger partial charge in [0.15, 0.2) is 0 Å². The standard InChI is InChI=1S/C7H17N3/c1-9(8)6-7-10-4-2-3-5-10/h2-8H2,1H3. The molecule has 0 amide bonds. The van der Waals surface area contributed by atoms with Gasteiger partial charge >= 0.3 is 0 Å². The van der Waals surface area contributed by atoms with Gasteiger partial charge in [0, 0.05) is 20.1 Å². The van der Waals surface area contributed by atoms with Gasteiger partial charge in [0.05, 0.1) is 0 Å². The van der Waals surface area contributed by atoms with E-state index in [0.29, 0.717) is 0 Å². The Morgan fingerprint density at radius 1 is 1.40 bits per heavy atom. The molecule has 60 valence electrons. The Labute approximate surface area is 62.8 Å². The van der Waals surface area contributed by atoms with Crippen molar-refractivity contribution in [2.75, 3.05) is 33.2 Å². The summed E-state index contributed by atoms with van der Waals surface area (Å²) in [6, 6.07) is 0. The minimum absolute atomic E-state index is 0.986. The molecule has 0 unspecified atom stereocenters. The minimum Gasteiger partial charge on any atom is -0.302 e. The largest absolute Gasteiger partial charge is 0.302 e. The van der Waals surface area contributed by atoms with E-state index >= 15 is 0 Å². The number of likely N-dealkylation sites (tertiary alicyclic amines) is 1.